The van der Waals surface area contributed by atoms with Crippen LogP contribution in [0.2, 0.25) is 0 Å². The van der Waals surface area contributed by atoms with Crippen molar-refractivity contribution in [3.8, 4) is 22.6 Å². The van der Waals surface area contributed by atoms with Crippen LogP contribution in [0.3, 0.4) is 0 Å². The molecule has 0 bridgehead atoms. The Labute approximate surface area is 235 Å². The lowest BCUT2D eigenvalue weighted by atomic mass is 9.94. The first-order chi connectivity index (χ1) is 19.6. The zero-order valence-corrected chi connectivity index (χ0v) is 22.6. The molecule has 1 amide bonds. The topological polar surface area (TPSA) is 97.6 Å². The fourth-order valence-corrected chi connectivity index (χ4v) is 5.27. The minimum atomic E-state index is -4.51. The van der Waals surface area contributed by atoms with E-state index in [4.69, 9.17) is 10.2 Å². The largest absolute Gasteiger partial charge is 0.419 e. The van der Waals surface area contributed by atoms with Gasteiger partial charge in [-0.05, 0) is 73.4 Å². The molecular weight excluding hydrogens is 531 g/mol. The molecule has 1 aromatic heterocycles. The lowest BCUT2D eigenvalue weighted by Crippen LogP contribution is -2.44. The summed E-state index contributed by atoms with van der Waals surface area (Å²) in [6.45, 7) is 5.71. The second-order valence-corrected chi connectivity index (χ2v) is 10.5. The Bertz CT molecular complexity index is 1550. The molecule has 0 radical (unpaired) electrons. The molecule has 0 aliphatic carbocycles. The Kier molecular flexibility index (Phi) is 7.77. The Balaban J connectivity index is 1.57. The molecule has 0 spiro atoms. The first-order valence-electron chi connectivity index (χ1n) is 13.3. The van der Waals surface area contributed by atoms with Crippen molar-refractivity contribution in [2.45, 2.75) is 50.5 Å². The van der Waals surface area contributed by atoms with Crippen LogP contribution in [-0.4, -0.2) is 46.5 Å². The van der Waals surface area contributed by atoms with E-state index in [1.807, 2.05) is 54.6 Å². The third-order valence-electron chi connectivity index (χ3n) is 7.26. The number of amides is 1. The average Bonchev–Trinajstić information content (AvgIpc) is 3.65. The van der Waals surface area contributed by atoms with E-state index in [1.165, 1.54) is 6.07 Å². The van der Waals surface area contributed by atoms with Gasteiger partial charge in [-0.25, -0.2) is 0 Å². The highest BCUT2D eigenvalue weighted by molar-refractivity contribution is 5.97. The van der Waals surface area contributed by atoms with E-state index >= 15 is 0 Å². The first-order valence-corrected chi connectivity index (χ1v) is 13.3. The summed E-state index contributed by atoms with van der Waals surface area (Å²) in [5, 5.41) is 8.41. The molecular formula is C31H30F3N5O2. The number of aliphatic imine (C=N–C) groups is 1. The van der Waals surface area contributed by atoms with E-state index in [0.29, 0.717) is 24.1 Å². The number of benzene rings is 3. The van der Waals surface area contributed by atoms with Crippen molar-refractivity contribution in [2.24, 2.45) is 10.7 Å². The maximum Gasteiger partial charge on any atom is 0.408 e. The van der Waals surface area contributed by atoms with E-state index in [9.17, 15) is 18.0 Å². The van der Waals surface area contributed by atoms with Gasteiger partial charge in [0.1, 0.15) is 6.04 Å². The number of carbonyl (C=O) groups is 1. The van der Waals surface area contributed by atoms with Crippen molar-refractivity contribution in [2.75, 3.05) is 6.54 Å². The zero-order valence-electron chi connectivity index (χ0n) is 22.6. The minimum Gasteiger partial charge on any atom is -0.419 e. The number of carbonyl (C=O) groups excluding carboxylic acids is 1. The lowest BCUT2D eigenvalue weighted by molar-refractivity contribution is -0.169. The molecule has 4 aromatic rings. The first kappa shape index (κ1) is 28.2. The number of hydrogen-bond donors (Lipinski definition) is 1. The third kappa shape index (κ3) is 6.07. The van der Waals surface area contributed by atoms with E-state index < -0.39 is 23.7 Å². The summed E-state index contributed by atoms with van der Waals surface area (Å²) in [7, 11) is 0. The molecule has 1 aliphatic rings. The quantitative estimate of drug-likeness (QED) is 0.259. The summed E-state index contributed by atoms with van der Waals surface area (Å²) in [6.07, 6.45) is -3.92. The van der Waals surface area contributed by atoms with Gasteiger partial charge >= 0.3 is 6.18 Å². The predicted molar refractivity (Wildman–Crippen MR) is 150 cm³/mol. The molecule has 3 aromatic carbocycles. The number of halogens is 3. The standard InChI is InChI=1S/C31H30F3N5O2/c1-30(35,18-20-9-4-3-5-10-20)29-38-37-27(41-29)23-15-22(25-12-7-6-11-21(25)19-36-2)16-24(17-23)28(40)39-14-8-13-26(39)31(32,33)34/h3-7,9-12,15-17,26H,2,8,13-14,18-19,35H2,1H3. The van der Waals surface area contributed by atoms with E-state index in [2.05, 4.69) is 21.9 Å². The van der Waals surface area contributed by atoms with Crippen molar-refractivity contribution < 1.29 is 22.4 Å². The van der Waals surface area contributed by atoms with Gasteiger partial charge in [0.05, 0.1) is 12.1 Å². The monoisotopic (exact) mass is 561 g/mol. The van der Waals surface area contributed by atoms with E-state index in [0.717, 1.165) is 21.6 Å². The number of likely N-dealkylation sites (tertiary alicyclic amines) is 1. The molecule has 10 heteroatoms. The highest BCUT2D eigenvalue weighted by Crippen LogP contribution is 2.36. The molecule has 212 valence electrons. The van der Waals surface area contributed by atoms with Gasteiger partial charge in [-0.15, -0.1) is 10.2 Å². The zero-order chi connectivity index (χ0) is 29.2. The molecule has 2 atom stereocenters. The van der Waals surface area contributed by atoms with Crippen LogP contribution in [0.1, 0.15) is 47.1 Å². The highest BCUT2D eigenvalue weighted by atomic mass is 19.4. The van der Waals surface area contributed by atoms with Crippen LogP contribution >= 0.6 is 0 Å². The van der Waals surface area contributed by atoms with Crippen molar-refractivity contribution in [3.05, 3.63) is 95.4 Å². The molecule has 5 rings (SSSR count). The molecule has 2 N–H and O–H groups in total. The van der Waals surface area contributed by atoms with Crippen LogP contribution in [0.25, 0.3) is 22.6 Å². The number of nitrogens with zero attached hydrogens (tertiary/aromatic N) is 4. The number of nitrogens with two attached hydrogens (primary N) is 1. The Morgan fingerprint density at radius 2 is 1.78 bits per heavy atom. The summed E-state index contributed by atoms with van der Waals surface area (Å²) in [5.74, 6) is -0.406. The van der Waals surface area contributed by atoms with Gasteiger partial charge in [0.15, 0.2) is 0 Å². The fraction of sp³-hybridized carbons (Fsp3) is 0.290. The molecule has 1 saturated heterocycles. The van der Waals surface area contributed by atoms with Crippen molar-refractivity contribution in [1.82, 2.24) is 15.1 Å². The second kappa shape index (κ2) is 11.3. The van der Waals surface area contributed by atoms with Crippen LogP contribution in [0, 0.1) is 0 Å². The van der Waals surface area contributed by atoms with Crippen molar-refractivity contribution in [3.63, 3.8) is 0 Å². The second-order valence-electron chi connectivity index (χ2n) is 10.5. The van der Waals surface area contributed by atoms with E-state index in [-0.39, 0.29) is 36.7 Å². The molecule has 2 heterocycles. The van der Waals surface area contributed by atoms with Crippen LogP contribution in [-0.2, 0) is 18.5 Å². The SMILES string of the molecule is C=NCc1ccccc1-c1cc(C(=O)N2CCCC2C(F)(F)F)cc(-c2nnc(C(C)(N)Cc3ccccc3)o2)c1. The normalized spacial score (nSPS) is 16.9. The van der Waals surface area contributed by atoms with Gasteiger partial charge in [-0.3, -0.25) is 9.79 Å². The summed E-state index contributed by atoms with van der Waals surface area (Å²) < 4.78 is 47.2. The van der Waals surface area contributed by atoms with Crippen LogP contribution < -0.4 is 5.73 Å². The molecule has 41 heavy (non-hydrogen) atoms. The summed E-state index contributed by atoms with van der Waals surface area (Å²) in [6, 6.07) is 20.1. The summed E-state index contributed by atoms with van der Waals surface area (Å²) >= 11 is 0. The van der Waals surface area contributed by atoms with Crippen molar-refractivity contribution in [1.29, 1.82) is 0 Å². The van der Waals surface area contributed by atoms with Gasteiger partial charge in [-0.1, -0.05) is 54.6 Å². The van der Waals surface area contributed by atoms with Crippen LogP contribution in [0.15, 0.2) is 82.2 Å². The Morgan fingerprint density at radius 3 is 2.51 bits per heavy atom. The minimum absolute atomic E-state index is 0.0231. The number of aromatic nitrogens is 2. The van der Waals surface area contributed by atoms with Gasteiger partial charge in [0.2, 0.25) is 11.8 Å². The molecule has 0 saturated carbocycles. The number of alkyl halides is 3. The van der Waals surface area contributed by atoms with Gasteiger partial charge in [0.25, 0.3) is 5.91 Å². The Morgan fingerprint density at radius 1 is 1.07 bits per heavy atom. The summed E-state index contributed by atoms with van der Waals surface area (Å²) in [5.41, 5.74) is 9.27. The highest BCUT2D eigenvalue weighted by Gasteiger charge is 2.48. The molecule has 1 aliphatic heterocycles. The third-order valence-corrected chi connectivity index (χ3v) is 7.26. The van der Waals surface area contributed by atoms with E-state index in [1.54, 1.807) is 19.1 Å². The maximum absolute atomic E-state index is 13.7. The molecule has 2 unspecified atom stereocenters. The van der Waals surface area contributed by atoms with Gasteiger partial charge < -0.3 is 15.1 Å². The van der Waals surface area contributed by atoms with Crippen molar-refractivity contribution >= 4 is 12.6 Å². The Hall–Kier alpha value is -4.31. The van der Waals surface area contributed by atoms with Gasteiger partial charge in [-0.2, -0.15) is 13.2 Å². The molecule has 1 fully saturated rings. The average molecular weight is 562 g/mol. The van der Waals surface area contributed by atoms with Crippen LogP contribution in [0.4, 0.5) is 13.2 Å². The van der Waals surface area contributed by atoms with Crippen LogP contribution in [0.5, 0.6) is 0 Å². The fourth-order valence-electron chi connectivity index (χ4n) is 5.27. The lowest BCUT2D eigenvalue weighted by Gasteiger charge is -2.27. The summed E-state index contributed by atoms with van der Waals surface area (Å²) in [4.78, 5) is 18.4. The number of hydrogen-bond acceptors (Lipinski definition) is 6. The number of rotatable bonds is 8. The van der Waals surface area contributed by atoms with Gasteiger partial charge in [0, 0.05) is 17.7 Å². The predicted octanol–water partition coefficient (Wildman–Crippen LogP) is 6.19. The smallest absolute Gasteiger partial charge is 0.408 e. The maximum atomic E-state index is 13.7. The molecule has 7 nitrogen and oxygen atoms in total.